The Morgan fingerprint density at radius 2 is 1.95 bits per heavy atom. The number of rotatable bonds is 3. The first-order chi connectivity index (χ1) is 9.83. The van der Waals surface area contributed by atoms with E-state index in [9.17, 15) is 12.8 Å². The van der Waals surface area contributed by atoms with Crippen molar-refractivity contribution in [2.45, 2.75) is 11.8 Å². The third-order valence-corrected chi connectivity index (χ3v) is 4.44. The van der Waals surface area contributed by atoms with E-state index in [1.165, 1.54) is 30.3 Å². The highest BCUT2D eigenvalue weighted by molar-refractivity contribution is 7.92. The van der Waals surface area contributed by atoms with Gasteiger partial charge < -0.3 is 0 Å². The van der Waals surface area contributed by atoms with Gasteiger partial charge in [-0.1, -0.05) is 17.7 Å². The second-order valence-electron chi connectivity index (χ2n) is 4.35. The number of sulfonamides is 1. The highest BCUT2D eigenvalue weighted by atomic mass is 35.5. The number of anilines is 1. The smallest absolute Gasteiger partial charge is 0.264 e. The van der Waals surface area contributed by atoms with E-state index in [2.05, 4.69) is 4.72 Å². The fourth-order valence-corrected chi connectivity index (χ4v) is 3.07. The number of nitrogens with one attached hydrogen (secondary N) is 1. The second kappa shape index (κ2) is 5.72. The second-order valence-corrected chi connectivity index (χ2v) is 6.40. The zero-order valence-electron chi connectivity index (χ0n) is 10.9. The van der Waals surface area contributed by atoms with E-state index in [1.54, 1.807) is 6.92 Å². The summed E-state index contributed by atoms with van der Waals surface area (Å²) >= 11 is 5.77. The van der Waals surface area contributed by atoms with Crippen LogP contribution in [-0.4, -0.2) is 8.42 Å². The van der Waals surface area contributed by atoms with Gasteiger partial charge in [-0.05, 0) is 42.8 Å². The minimum Gasteiger partial charge on any atom is -0.279 e. The summed E-state index contributed by atoms with van der Waals surface area (Å²) in [5, 5.41) is 9.08. The first kappa shape index (κ1) is 15.3. The standard InChI is InChI=1S/C14H10ClFN2O2S/c1-9-2-5-13(16)14(6-9)21(19,20)18-11-3-4-12(15)10(7-11)8-17/h2-7,18H,1H3. The van der Waals surface area contributed by atoms with Crippen LogP contribution in [0.1, 0.15) is 11.1 Å². The van der Waals surface area contributed by atoms with Crippen LogP contribution in [0.25, 0.3) is 0 Å². The molecule has 0 saturated heterocycles. The van der Waals surface area contributed by atoms with E-state index in [1.807, 2.05) is 6.07 Å². The lowest BCUT2D eigenvalue weighted by Gasteiger charge is -2.10. The first-order valence-electron chi connectivity index (χ1n) is 5.82. The molecule has 0 aliphatic rings. The van der Waals surface area contributed by atoms with E-state index in [0.717, 1.165) is 6.07 Å². The topological polar surface area (TPSA) is 70.0 Å². The maximum Gasteiger partial charge on any atom is 0.264 e. The third-order valence-electron chi connectivity index (χ3n) is 2.72. The van der Waals surface area contributed by atoms with Crippen molar-refractivity contribution in [1.29, 1.82) is 5.26 Å². The molecule has 0 saturated carbocycles. The molecule has 0 fully saturated rings. The van der Waals surface area contributed by atoms with E-state index in [4.69, 9.17) is 16.9 Å². The molecule has 108 valence electrons. The van der Waals surface area contributed by atoms with Crippen molar-refractivity contribution in [2.75, 3.05) is 4.72 Å². The average Bonchev–Trinajstić information content (AvgIpc) is 2.43. The molecule has 2 aromatic carbocycles. The molecule has 2 rings (SSSR count). The van der Waals surface area contributed by atoms with Crippen LogP contribution in [0.15, 0.2) is 41.3 Å². The van der Waals surface area contributed by atoms with E-state index >= 15 is 0 Å². The zero-order valence-corrected chi connectivity index (χ0v) is 12.5. The highest BCUT2D eigenvalue weighted by Crippen LogP contribution is 2.23. The van der Waals surface area contributed by atoms with Gasteiger partial charge in [0.05, 0.1) is 16.3 Å². The molecule has 0 radical (unpaired) electrons. The van der Waals surface area contributed by atoms with Crippen LogP contribution < -0.4 is 4.72 Å². The number of nitriles is 1. The molecule has 4 nitrogen and oxygen atoms in total. The number of aryl methyl sites for hydroxylation is 1. The molecule has 0 bridgehead atoms. The summed E-state index contributed by atoms with van der Waals surface area (Å²) in [4.78, 5) is -0.448. The fraction of sp³-hybridized carbons (Fsp3) is 0.0714. The highest BCUT2D eigenvalue weighted by Gasteiger charge is 2.19. The molecule has 2 aromatic rings. The van der Waals surface area contributed by atoms with Crippen LogP contribution in [0.4, 0.5) is 10.1 Å². The first-order valence-corrected chi connectivity index (χ1v) is 7.68. The quantitative estimate of drug-likeness (QED) is 0.940. The number of benzene rings is 2. The van der Waals surface area contributed by atoms with Gasteiger partial charge in [0, 0.05) is 0 Å². The molecule has 1 N–H and O–H groups in total. The van der Waals surface area contributed by atoms with Crippen LogP contribution >= 0.6 is 11.6 Å². The van der Waals surface area contributed by atoms with E-state index < -0.39 is 20.7 Å². The maximum atomic E-state index is 13.7. The average molecular weight is 325 g/mol. The summed E-state index contributed by atoms with van der Waals surface area (Å²) in [6, 6.07) is 9.72. The predicted molar refractivity (Wildman–Crippen MR) is 78.1 cm³/mol. The minimum atomic E-state index is -4.08. The monoisotopic (exact) mass is 324 g/mol. The normalized spacial score (nSPS) is 11.0. The molecule has 0 spiro atoms. The van der Waals surface area contributed by atoms with Crippen molar-refractivity contribution in [3.63, 3.8) is 0 Å². The molecule has 0 heterocycles. The summed E-state index contributed by atoms with van der Waals surface area (Å²) in [6.07, 6.45) is 0. The number of hydrogen-bond acceptors (Lipinski definition) is 3. The molecule has 7 heteroatoms. The van der Waals surface area contributed by atoms with Gasteiger partial charge in [0.15, 0.2) is 0 Å². The molecule has 0 atom stereocenters. The van der Waals surface area contributed by atoms with Crippen molar-refractivity contribution in [2.24, 2.45) is 0 Å². The van der Waals surface area contributed by atoms with Gasteiger partial charge >= 0.3 is 0 Å². The van der Waals surface area contributed by atoms with Crippen molar-refractivity contribution < 1.29 is 12.8 Å². The molecule has 0 amide bonds. The lowest BCUT2D eigenvalue weighted by molar-refractivity contribution is 0.570. The summed E-state index contributed by atoms with van der Waals surface area (Å²) in [6.45, 7) is 1.66. The molecule has 21 heavy (non-hydrogen) atoms. The van der Waals surface area contributed by atoms with Gasteiger partial charge in [0.25, 0.3) is 10.0 Å². The molecule has 0 aliphatic heterocycles. The summed E-state index contributed by atoms with van der Waals surface area (Å²) in [5.41, 5.74) is 0.879. The van der Waals surface area contributed by atoms with Crippen LogP contribution in [-0.2, 0) is 10.0 Å². The SMILES string of the molecule is Cc1ccc(F)c(S(=O)(=O)Nc2ccc(Cl)c(C#N)c2)c1. The molecule has 0 unspecified atom stereocenters. The molecule has 0 aromatic heterocycles. The van der Waals surface area contributed by atoms with Crippen LogP contribution in [0.3, 0.4) is 0 Å². The third kappa shape index (κ3) is 3.32. The Hall–Kier alpha value is -2.10. The van der Waals surface area contributed by atoms with Crippen LogP contribution in [0.2, 0.25) is 5.02 Å². The Morgan fingerprint density at radius 1 is 1.24 bits per heavy atom. The zero-order chi connectivity index (χ0) is 15.6. The molecular weight excluding hydrogens is 315 g/mol. The Balaban J connectivity index is 2.43. The summed E-state index contributed by atoms with van der Waals surface area (Å²) in [7, 11) is -4.08. The summed E-state index contributed by atoms with van der Waals surface area (Å²) < 4.78 is 40.3. The fourth-order valence-electron chi connectivity index (χ4n) is 1.70. The minimum absolute atomic E-state index is 0.126. The molecular formula is C14H10ClFN2O2S. The van der Waals surface area contributed by atoms with Gasteiger partial charge in [-0.3, -0.25) is 4.72 Å². The van der Waals surface area contributed by atoms with Gasteiger partial charge in [0.1, 0.15) is 16.8 Å². The largest absolute Gasteiger partial charge is 0.279 e. The maximum absolute atomic E-state index is 13.7. The Morgan fingerprint density at radius 3 is 2.62 bits per heavy atom. The Bertz CT molecular complexity index is 845. The van der Waals surface area contributed by atoms with Crippen molar-refractivity contribution in [3.05, 3.63) is 58.4 Å². The number of nitrogens with zero attached hydrogens (tertiary/aromatic N) is 1. The Labute approximate surface area is 126 Å². The van der Waals surface area contributed by atoms with Crippen molar-refractivity contribution in [3.8, 4) is 6.07 Å². The van der Waals surface area contributed by atoms with Crippen molar-refractivity contribution in [1.82, 2.24) is 0 Å². The van der Waals surface area contributed by atoms with Gasteiger partial charge in [-0.15, -0.1) is 0 Å². The molecule has 0 aliphatic carbocycles. The number of halogens is 2. The predicted octanol–water partition coefficient (Wildman–Crippen LogP) is 3.46. The lowest BCUT2D eigenvalue weighted by atomic mass is 10.2. The van der Waals surface area contributed by atoms with Gasteiger partial charge in [-0.2, -0.15) is 5.26 Å². The van der Waals surface area contributed by atoms with E-state index in [0.29, 0.717) is 5.56 Å². The van der Waals surface area contributed by atoms with Gasteiger partial charge in [-0.25, -0.2) is 12.8 Å². The van der Waals surface area contributed by atoms with E-state index in [-0.39, 0.29) is 16.3 Å². The van der Waals surface area contributed by atoms with Crippen molar-refractivity contribution >= 4 is 27.3 Å². The summed E-state index contributed by atoms with van der Waals surface area (Å²) in [5.74, 6) is -0.845. The van der Waals surface area contributed by atoms with Crippen LogP contribution in [0, 0.1) is 24.1 Å². The van der Waals surface area contributed by atoms with Crippen LogP contribution in [0.5, 0.6) is 0 Å². The lowest BCUT2D eigenvalue weighted by Crippen LogP contribution is -2.15. The van der Waals surface area contributed by atoms with Gasteiger partial charge in [0.2, 0.25) is 0 Å². The Kier molecular flexibility index (Phi) is 4.16. The number of hydrogen-bond donors (Lipinski definition) is 1.